The number of rotatable bonds is 2. The lowest BCUT2D eigenvalue weighted by atomic mass is 9.96. The molecule has 2 rings (SSSR count). The molecule has 0 radical (unpaired) electrons. The van der Waals surface area contributed by atoms with Crippen LogP contribution in [0.1, 0.15) is 25.3 Å². The third kappa shape index (κ3) is 2.83. The van der Waals surface area contributed by atoms with Crippen molar-refractivity contribution in [1.82, 2.24) is 0 Å². The number of hydrogen-bond donors (Lipinski definition) is 2. The topological polar surface area (TPSA) is 26.0 Å². The standard InChI is InChI=1S/C15H17NS/c1-11-7-9-12(10-8-11)14(16)15(17)13-5-3-2-4-6-13/h2-7,9,17H,8,10,16H2,1H3/b15-14-. The van der Waals surface area contributed by atoms with Gasteiger partial charge in [0, 0.05) is 10.6 Å². The van der Waals surface area contributed by atoms with Crippen LogP contribution in [0.5, 0.6) is 0 Å². The highest BCUT2D eigenvalue weighted by atomic mass is 32.1. The molecular formula is C15H17NS. The summed E-state index contributed by atoms with van der Waals surface area (Å²) in [6.45, 7) is 2.14. The highest BCUT2D eigenvalue weighted by Crippen LogP contribution is 2.28. The second kappa shape index (κ2) is 5.28. The van der Waals surface area contributed by atoms with Crippen molar-refractivity contribution in [3.05, 3.63) is 64.9 Å². The van der Waals surface area contributed by atoms with E-state index in [9.17, 15) is 0 Å². The van der Waals surface area contributed by atoms with Gasteiger partial charge in [-0.2, -0.15) is 0 Å². The van der Waals surface area contributed by atoms with E-state index < -0.39 is 0 Å². The molecule has 0 saturated heterocycles. The first kappa shape index (κ1) is 12.1. The van der Waals surface area contributed by atoms with Crippen LogP contribution in [0.2, 0.25) is 0 Å². The van der Waals surface area contributed by atoms with Crippen LogP contribution in [0.15, 0.2) is 59.3 Å². The predicted molar refractivity (Wildman–Crippen MR) is 77.6 cm³/mol. The van der Waals surface area contributed by atoms with Crippen LogP contribution in [0.4, 0.5) is 0 Å². The van der Waals surface area contributed by atoms with Crippen molar-refractivity contribution in [1.29, 1.82) is 0 Å². The zero-order chi connectivity index (χ0) is 12.3. The molecule has 0 aromatic heterocycles. The monoisotopic (exact) mass is 243 g/mol. The molecule has 1 aliphatic carbocycles. The average Bonchev–Trinajstić information content (AvgIpc) is 2.39. The molecule has 1 aliphatic rings. The summed E-state index contributed by atoms with van der Waals surface area (Å²) in [5.41, 5.74) is 10.6. The van der Waals surface area contributed by atoms with Gasteiger partial charge in [0.05, 0.1) is 0 Å². The van der Waals surface area contributed by atoms with Crippen molar-refractivity contribution >= 4 is 17.5 Å². The van der Waals surface area contributed by atoms with Gasteiger partial charge in [-0.1, -0.05) is 48.1 Å². The molecule has 0 bridgehead atoms. The lowest BCUT2D eigenvalue weighted by molar-refractivity contribution is 0.909. The van der Waals surface area contributed by atoms with Crippen molar-refractivity contribution in [3.63, 3.8) is 0 Å². The summed E-state index contributed by atoms with van der Waals surface area (Å²) >= 11 is 4.54. The second-order valence-electron chi connectivity index (χ2n) is 4.33. The molecule has 0 atom stereocenters. The first-order valence-electron chi connectivity index (χ1n) is 5.79. The second-order valence-corrected chi connectivity index (χ2v) is 4.78. The number of hydrogen-bond acceptors (Lipinski definition) is 2. The Bertz CT molecular complexity index is 495. The molecule has 0 amide bonds. The minimum absolute atomic E-state index is 0.795. The zero-order valence-corrected chi connectivity index (χ0v) is 10.9. The molecule has 0 unspecified atom stereocenters. The Hall–Kier alpha value is -1.41. The molecule has 0 spiro atoms. The van der Waals surface area contributed by atoms with Crippen molar-refractivity contribution in [3.8, 4) is 0 Å². The van der Waals surface area contributed by atoms with Gasteiger partial charge in [-0.15, -0.1) is 12.6 Å². The Morgan fingerprint density at radius 3 is 2.41 bits per heavy atom. The number of allylic oxidation sites excluding steroid dienone is 4. The van der Waals surface area contributed by atoms with Crippen LogP contribution in [0.25, 0.3) is 4.91 Å². The number of nitrogens with two attached hydrogens (primary N) is 1. The van der Waals surface area contributed by atoms with Crippen LogP contribution in [0, 0.1) is 0 Å². The van der Waals surface area contributed by atoms with E-state index in [1.807, 2.05) is 30.3 Å². The summed E-state index contributed by atoms with van der Waals surface area (Å²) in [7, 11) is 0. The Labute approximate surface area is 108 Å². The van der Waals surface area contributed by atoms with Crippen molar-refractivity contribution < 1.29 is 0 Å². The number of benzene rings is 1. The first-order valence-corrected chi connectivity index (χ1v) is 6.24. The van der Waals surface area contributed by atoms with Crippen molar-refractivity contribution in [2.45, 2.75) is 19.8 Å². The van der Waals surface area contributed by atoms with E-state index in [4.69, 9.17) is 5.73 Å². The molecule has 0 aliphatic heterocycles. The quantitative estimate of drug-likeness (QED) is 0.757. The maximum Gasteiger partial charge on any atom is 0.0488 e. The molecular weight excluding hydrogens is 226 g/mol. The van der Waals surface area contributed by atoms with Crippen LogP contribution in [-0.2, 0) is 0 Å². The molecule has 0 saturated carbocycles. The fraction of sp³-hybridized carbons (Fsp3) is 0.200. The van der Waals surface area contributed by atoms with Crippen molar-refractivity contribution in [2.24, 2.45) is 5.73 Å². The van der Waals surface area contributed by atoms with Crippen molar-refractivity contribution in [2.75, 3.05) is 0 Å². The van der Waals surface area contributed by atoms with Gasteiger partial charge in [0.25, 0.3) is 0 Å². The Kier molecular flexibility index (Phi) is 3.75. The van der Waals surface area contributed by atoms with Gasteiger partial charge in [-0.3, -0.25) is 0 Å². The maximum absolute atomic E-state index is 6.18. The highest BCUT2D eigenvalue weighted by Gasteiger charge is 2.10. The van der Waals surface area contributed by atoms with Crippen LogP contribution >= 0.6 is 12.6 Å². The summed E-state index contributed by atoms with van der Waals surface area (Å²) in [6, 6.07) is 10.0. The molecule has 0 fully saturated rings. The Balaban J connectivity index is 2.33. The van der Waals surface area contributed by atoms with E-state index in [1.54, 1.807) is 0 Å². The minimum Gasteiger partial charge on any atom is -0.398 e. The molecule has 2 heteroatoms. The minimum atomic E-state index is 0.795. The van der Waals surface area contributed by atoms with E-state index in [2.05, 4.69) is 31.7 Å². The lowest BCUT2D eigenvalue weighted by Crippen LogP contribution is -2.05. The highest BCUT2D eigenvalue weighted by molar-refractivity contribution is 7.90. The van der Waals surface area contributed by atoms with E-state index in [0.717, 1.165) is 29.0 Å². The molecule has 0 heterocycles. The summed E-state index contributed by atoms with van der Waals surface area (Å²) in [4.78, 5) is 0.866. The molecule has 1 nitrogen and oxygen atoms in total. The Morgan fingerprint density at radius 2 is 1.82 bits per heavy atom. The summed E-state index contributed by atoms with van der Waals surface area (Å²) in [5, 5.41) is 0. The van der Waals surface area contributed by atoms with E-state index in [-0.39, 0.29) is 0 Å². The molecule has 1 aromatic rings. The first-order chi connectivity index (χ1) is 8.18. The molecule has 17 heavy (non-hydrogen) atoms. The zero-order valence-electron chi connectivity index (χ0n) is 9.98. The normalized spacial score (nSPS) is 17.1. The number of thiol groups is 1. The van der Waals surface area contributed by atoms with Gasteiger partial charge >= 0.3 is 0 Å². The lowest BCUT2D eigenvalue weighted by Gasteiger charge is -2.14. The van der Waals surface area contributed by atoms with Gasteiger partial charge in [0.1, 0.15) is 0 Å². The van der Waals surface area contributed by atoms with Gasteiger partial charge in [-0.05, 0) is 30.9 Å². The van der Waals surface area contributed by atoms with Gasteiger partial charge in [-0.25, -0.2) is 0 Å². The van der Waals surface area contributed by atoms with E-state index in [1.165, 1.54) is 11.1 Å². The third-order valence-electron chi connectivity index (χ3n) is 3.01. The van der Waals surface area contributed by atoms with Gasteiger partial charge in [0.2, 0.25) is 0 Å². The van der Waals surface area contributed by atoms with Gasteiger partial charge in [0.15, 0.2) is 0 Å². The predicted octanol–water partition coefficient (Wildman–Crippen LogP) is 3.91. The largest absolute Gasteiger partial charge is 0.398 e. The molecule has 1 aromatic carbocycles. The average molecular weight is 243 g/mol. The summed E-state index contributed by atoms with van der Waals surface area (Å²) < 4.78 is 0. The maximum atomic E-state index is 6.18. The van der Waals surface area contributed by atoms with E-state index >= 15 is 0 Å². The van der Waals surface area contributed by atoms with Crippen LogP contribution in [0.3, 0.4) is 0 Å². The van der Waals surface area contributed by atoms with E-state index in [0.29, 0.717) is 0 Å². The third-order valence-corrected chi connectivity index (χ3v) is 3.51. The summed E-state index contributed by atoms with van der Waals surface area (Å²) in [6.07, 6.45) is 6.33. The smallest absolute Gasteiger partial charge is 0.0488 e. The molecule has 2 N–H and O–H groups in total. The fourth-order valence-corrected chi connectivity index (χ4v) is 2.16. The molecule has 88 valence electrons. The van der Waals surface area contributed by atoms with Crippen LogP contribution < -0.4 is 5.73 Å². The van der Waals surface area contributed by atoms with Gasteiger partial charge < -0.3 is 5.73 Å². The fourth-order valence-electron chi connectivity index (χ4n) is 1.87. The van der Waals surface area contributed by atoms with Crippen LogP contribution in [-0.4, -0.2) is 0 Å². The Morgan fingerprint density at radius 1 is 1.12 bits per heavy atom. The SMILES string of the molecule is CC1=CC=C(/C(N)=C(/S)c2ccccc2)CC1. The summed E-state index contributed by atoms with van der Waals surface area (Å²) in [5.74, 6) is 0.